The fraction of sp³-hybridized carbons (Fsp3) is 0.231. The predicted octanol–water partition coefficient (Wildman–Crippen LogP) is 2.78. The predicted molar refractivity (Wildman–Crippen MR) is 67.2 cm³/mol. The average Bonchev–Trinajstić information content (AvgIpc) is 3.13. The second-order valence-electron chi connectivity index (χ2n) is 4.28. The number of pyridine rings is 1. The molecule has 3 rings (SSSR count). The van der Waals surface area contributed by atoms with Crippen molar-refractivity contribution in [3.8, 4) is 0 Å². The molecule has 86 valence electrons. The highest BCUT2D eigenvalue weighted by molar-refractivity contribution is 6.35. The summed E-state index contributed by atoms with van der Waals surface area (Å²) in [5.41, 5.74) is 1.32. The van der Waals surface area contributed by atoms with E-state index in [-0.39, 0.29) is 5.91 Å². The molecule has 1 aliphatic carbocycles. The van der Waals surface area contributed by atoms with E-state index in [1.54, 1.807) is 12.3 Å². The molecule has 1 saturated carbocycles. The van der Waals surface area contributed by atoms with E-state index in [1.165, 1.54) is 0 Å². The van der Waals surface area contributed by atoms with Crippen molar-refractivity contribution in [2.24, 2.45) is 0 Å². The van der Waals surface area contributed by atoms with Gasteiger partial charge in [-0.1, -0.05) is 23.7 Å². The maximum Gasteiger partial charge on any atom is 0.253 e. The number of fused-ring (bicyclic) bond motifs is 1. The highest BCUT2D eigenvalue weighted by atomic mass is 35.5. The lowest BCUT2D eigenvalue weighted by molar-refractivity contribution is 0.0951. The first-order chi connectivity index (χ1) is 8.24. The normalized spacial score (nSPS) is 14.9. The lowest BCUT2D eigenvalue weighted by Gasteiger charge is -2.05. The van der Waals surface area contributed by atoms with E-state index < -0.39 is 0 Å². The molecule has 0 unspecified atom stereocenters. The largest absolute Gasteiger partial charge is 0.349 e. The lowest BCUT2D eigenvalue weighted by Crippen LogP contribution is -2.25. The first-order valence-electron chi connectivity index (χ1n) is 5.59. The van der Waals surface area contributed by atoms with Gasteiger partial charge in [0, 0.05) is 17.6 Å². The van der Waals surface area contributed by atoms with Crippen LogP contribution in [-0.4, -0.2) is 16.9 Å². The molecule has 1 aliphatic rings. The summed E-state index contributed by atoms with van der Waals surface area (Å²) in [6.07, 6.45) is 3.74. The molecular formula is C13H11ClN2O. The van der Waals surface area contributed by atoms with Gasteiger partial charge in [0.25, 0.3) is 5.91 Å². The average molecular weight is 247 g/mol. The van der Waals surface area contributed by atoms with E-state index in [1.807, 2.05) is 18.2 Å². The first-order valence-corrected chi connectivity index (χ1v) is 5.97. The van der Waals surface area contributed by atoms with Gasteiger partial charge >= 0.3 is 0 Å². The fourth-order valence-corrected chi connectivity index (χ4v) is 1.97. The molecule has 0 aliphatic heterocycles. The number of halogens is 1. The minimum absolute atomic E-state index is 0.0538. The fourth-order valence-electron chi connectivity index (χ4n) is 1.74. The lowest BCUT2D eigenvalue weighted by atomic mass is 10.1. The molecule has 3 nitrogen and oxygen atoms in total. The van der Waals surface area contributed by atoms with Crippen LogP contribution in [0.4, 0.5) is 0 Å². The number of carbonyl (C=O) groups excluding carboxylic acids is 1. The Morgan fingerprint density at radius 1 is 1.41 bits per heavy atom. The van der Waals surface area contributed by atoms with Gasteiger partial charge in [0.1, 0.15) is 0 Å². The molecular weight excluding hydrogens is 236 g/mol. The molecule has 0 spiro atoms. The highest BCUT2D eigenvalue weighted by Gasteiger charge is 2.23. The van der Waals surface area contributed by atoms with Crippen molar-refractivity contribution in [1.29, 1.82) is 0 Å². The molecule has 0 bridgehead atoms. The van der Waals surface area contributed by atoms with Crippen molar-refractivity contribution in [3.05, 3.63) is 41.0 Å². The van der Waals surface area contributed by atoms with Gasteiger partial charge in [-0.2, -0.15) is 0 Å². The molecule has 2 aromatic rings. The molecule has 1 N–H and O–H groups in total. The van der Waals surface area contributed by atoms with Crippen LogP contribution in [0.25, 0.3) is 10.9 Å². The number of benzene rings is 1. The van der Waals surface area contributed by atoms with Gasteiger partial charge in [0.2, 0.25) is 0 Å². The monoisotopic (exact) mass is 246 g/mol. The molecule has 4 heteroatoms. The van der Waals surface area contributed by atoms with Crippen LogP contribution >= 0.6 is 11.6 Å². The Morgan fingerprint density at radius 2 is 2.24 bits per heavy atom. The van der Waals surface area contributed by atoms with E-state index in [0.29, 0.717) is 16.6 Å². The van der Waals surface area contributed by atoms with Gasteiger partial charge in [-0.05, 0) is 25.0 Å². The number of nitrogens with one attached hydrogen (secondary N) is 1. The molecule has 1 aromatic heterocycles. The van der Waals surface area contributed by atoms with Crippen molar-refractivity contribution in [2.75, 3.05) is 0 Å². The molecule has 1 heterocycles. The Morgan fingerprint density at radius 3 is 3.00 bits per heavy atom. The van der Waals surface area contributed by atoms with Gasteiger partial charge in [0.15, 0.2) is 0 Å². The Kier molecular flexibility index (Phi) is 2.48. The third-order valence-electron chi connectivity index (χ3n) is 2.84. The molecule has 0 atom stereocenters. The van der Waals surface area contributed by atoms with Crippen molar-refractivity contribution in [3.63, 3.8) is 0 Å². The number of para-hydroxylation sites is 1. The number of aromatic nitrogens is 1. The van der Waals surface area contributed by atoms with Crippen LogP contribution in [-0.2, 0) is 0 Å². The summed E-state index contributed by atoms with van der Waals surface area (Å²) in [6, 6.07) is 7.74. The topological polar surface area (TPSA) is 42.0 Å². The number of hydrogen-bond acceptors (Lipinski definition) is 2. The van der Waals surface area contributed by atoms with Gasteiger partial charge in [-0.3, -0.25) is 9.78 Å². The molecule has 0 radical (unpaired) electrons. The third kappa shape index (κ3) is 2.11. The quantitative estimate of drug-likeness (QED) is 0.885. The van der Waals surface area contributed by atoms with Gasteiger partial charge in [-0.15, -0.1) is 0 Å². The van der Waals surface area contributed by atoms with Gasteiger partial charge < -0.3 is 5.32 Å². The van der Waals surface area contributed by atoms with E-state index in [4.69, 9.17) is 11.6 Å². The van der Waals surface area contributed by atoms with E-state index >= 15 is 0 Å². The minimum Gasteiger partial charge on any atom is -0.349 e. The number of rotatable bonds is 2. The number of amides is 1. The van der Waals surface area contributed by atoms with Gasteiger partial charge in [0.05, 0.1) is 16.1 Å². The van der Waals surface area contributed by atoms with Crippen LogP contribution in [0.2, 0.25) is 5.02 Å². The summed E-state index contributed by atoms with van der Waals surface area (Å²) in [4.78, 5) is 16.1. The summed E-state index contributed by atoms with van der Waals surface area (Å²) in [5, 5.41) is 4.44. The van der Waals surface area contributed by atoms with Crippen molar-refractivity contribution in [1.82, 2.24) is 10.3 Å². The van der Waals surface area contributed by atoms with E-state index in [9.17, 15) is 4.79 Å². The molecule has 17 heavy (non-hydrogen) atoms. The first kappa shape index (κ1) is 10.5. The Labute approximate surface area is 104 Å². The minimum atomic E-state index is -0.0538. The van der Waals surface area contributed by atoms with Crippen molar-refractivity contribution >= 4 is 28.4 Å². The van der Waals surface area contributed by atoms with Crippen LogP contribution in [0.3, 0.4) is 0 Å². The van der Waals surface area contributed by atoms with Crippen LogP contribution in [0.1, 0.15) is 23.2 Å². The molecule has 1 aromatic carbocycles. The summed E-state index contributed by atoms with van der Waals surface area (Å²) in [7, 11) is 0. The highest BCUT2D eigenvalue weighted by Crippen LogP contribution is 2.23. The Balaban J connectivity index is 1.98. The van der Waals surface area contributed by atoms with Crippen LogP contribution in [0.5, 0.6) is 0 Å². The second kappa shape index (κ2) is 4.00. The van der Waals surface area contributed by atoms with Crippen LogP contribution < -0.4 is 5.32 Å². The van der Waals surface area contributed by atoms with Crippen LogP contribution in [0.15, 0.2) is 30.5 Å². The zero-order chi connectivity index (χ0) is 11.8. The van der Waals surface area contributed by atoms with E-state index in [0.717, 1.165) is 23.7 Å². The molecule has 1 fully saturated rings. The Hall–Kier alpha value is -1.61. The maximum absolute atomic E-state index is 11.8. The SMILES string of the molecule is O=C(NC1CC1)c1cnc2c(Cl)cccc2c1. The number of nitrogens with zero attached hydrogens (tertiary/aromatic N) is 1. The number of hydrogen-bond donors (Lipinski definition) is 1. The Bertz CT molecular complexity index is 593. The summed E-state index contributed by atoms with van der Waals surface area (Å²) < 4.78 is 0. The standard InChI is InChI=1S/C13H11ClN2O/c14-11-3-1-2-8-6-9(7-15-12(8)11)13(17)16-10-4-5-10/h1-3,6-7,10H,4-5H2,(H,16,17). The zero-order valence-electron chi connectivity index (χ0n) is 9.11. The third-order valence-corrected chi connectivity index (χ3v) is 3.14. The smallest absolute Gasteiger partial charge is 0.253 e. The summed E-state index contributed by atoms with van der Waals surface area (Å²) in [5.74, 6) is -0.0538. The van der Waals surface area contributed by atoms with Crippen molar-refractivity contribution < 1.29 is 4.79 Å². The van der Waals surface area contributed by atoms with Gasteiger partial charge in [-0.25, -0.2) is 0 Å². The maximum atomic E-state index is 11.8. The number of carbonyl (C=O) groups is 1. The van der Waals surface area contributed by atoms with E-state index in [2.05, 4.69) is 10.3 Å². The zero-order valence-corrected chi connectivity index (χ0v) is 9.87. The summed E-state index contributed by atoms with van der Waals surface area (Å²) >= 11 is 6.02. The van der Waals surface area contributed by atoms with Crippen molar-refractivity contribution in [2.45, 2.75) is 18.9 Å². The molecule has 1 amide bonds. The summed E-state index contributed by atoms with van der Waals surface area (Å²) in [6.45, 7) is 0. The molecule has 0 saturated heterocycles. The van der Waals surface area contributed by atoms with Crippen LogP contribution in [0, 0.1) is 0 Å². The second-order valence-corrected chi connectivity index (χ2v) is 4.69.